The quantitative estimate of drug-likeness (QED) is 0.841. The minimum absolute atomic E-state index is 0.203. The molecule has 0 aromatic heterocycles. The molecular formula is C12H11NO4S. The highest BCUT2D eigenvalue weighted by Gasteiger charge is 2.21. The van der Waals surface area contributed by atoms with Crippen LogP contribution in [0.25, 0.3) is 0 Å². The van der Waals surface area contributed by atoms with E-state index in [9.17, 15) is 13.8 Å². The molecule has 0 amide bonds. The summed E-state index contributed by atoms with van der Waals surface area (Å²) in [5, 5.41) is 8.65. The molecule has 1 aliphatic rings. The van der Waals surface area contributed by atoms with Crippen molar-refractivity contribution >= 4 is 33.8 Å². The second kappa shape index (κ2) is 4.81. The number of carboxylic acids is 1. The number of aliphatic imine (C=N–C) groups is 1. The molecule has 1 heterocycles. The molecule has 5 nitrogen and oxygen atoms in total. The molecule has 1 aromatic rings. The highest BCUT2D eigenvalue weighted by Crippen LogP contribution is 2.29. The van der Waals surface area contributed by atoms with E-state index in [0.29, 0.717) is 16.1 Å². The monoisotopic (exact) mass is 265 g/mol. The van der Waals surface area contributed by atoms with Gasteiger partial charge in [0.2, 0.25) is 0 Å². The number of carbonyl (C=O) groups excluding carboxylic acids is 1. The summed E-state index contributed by atoms with van der Waals surface area (Å²) in [5.74, 6) is -1.83. The largest absolute Gasteiger partial charge is 0.481 e. The fraction of sp³-hybridized carbons (Fsp3) is 0.250. The molecule has 18 heavy (non-hydrogen) atoms. The van der Waals surface area contributed by atoms with Gasteiger partial charge in [-0.1, -0.05) is 13.0 Å². The minimum atomic E-state index is -1.24. The molecule has 0 saturated heterocycles. The molecule has 2 atom stereocenters. The molecule has 1 aliphatic heterocycles. The molecular weight excluding hydrogens is 254 g/mol. The maximum Gasteiger partial charge on any atom is 0.304 e. The molecule has 1 N–H and O–H groups in total. The van der Waals surface area contributed by atoms with Gasteiger partial charge in [-0.3, -0.25) is 9.59 Å². The molecule has 6 heteroatoms. The van der Waals surface area contributed by atoms with Gasteiger partial charge < -0.3 is 5.11 Å². The Morgan fingerprint density at radius 3 is 2.83 bits per heavy atom. The Morgan fingerprint density at radius 2 is 2.17 bits per heavy atom. The number of nitrogens with zero attached hydrogens (tertiary/aromatic N) is 1. The van der Waals surface area contributed by atoms with Gasteiger partial charge in [-0.25, -0.2) is 9.20 Å². The Kier molecular flexibility index (Phi) is 3.38. The SMILES string of the molecule is CC(CC(=O)O)C(=O)c1ccc2c(c1)N=CS2=O. The Bertz CT molecular complexity index is 579. The van der Waals surface area contributed by atoms with E-state index in [1.54, 1.807) is 25.1 Å². The van der Waals surface area contributed by atoms with E-state index in [1.165, 1.54) is 5.55 Å². The summed E-state index contributed by atoms with van der Waals surface area (Å²) in [7, 11) is -1.24. The van der Waals surface area contributed by atoms with Crippen molar-refractivity contribution in [1.29, 1.82) is 0 Å². The van der Waals surface area contributed by atoms with E-state index < -0.39 is 22.7 Å². The van der Waals surface area contributed by atoms with Crippen LogP contribution in [-0.2, 0) is 15.6 Å². The van der Waals surface area contributed by atoms with E-state index in [-0.39, 0.29) is 12.2 Å². The van der Waals surface area contributed by atoms with Crippen LogP contribution >= 0.6 is 0 Å². The van der Waals surface area contributed by atoms with Crippen LogP contribution in [0.3, 0.4) is 0 Å². The van der Waals surface area contributed by atoms with Gasteiger partial charge in [0, 0.05) is 11.5 Å². The molecule has 0 saturated carbocycles. The first-order valence-electron chi connectivity index (χ1n) is 5.34. The Labute approximate surface area is 106 Å². The second-order valence-corrected chi connectivity index (χ2v) is 5.32. The summed E-state index contributed by atoms with van der Waals surface area (Å²) in [6.45, 7) is 1.57. The Hall–Kier alpha value is -1.82. The highest BCUT2D eigenvalue weighted by atomic mass is 32.2. The predicted octanol–water partition coefficient (Wildman–Crippen LogP) is 1.76. The number of carbonyl (C=O) groups is 2. The maximum atomic E-state index is 12.0. The van der Waals surface area contributed by atoms with Crippen molar-refractivity contribution < 1.29 is 18.9 Å². The third-order valence-corrected chi connectivity index (χ3v) is 3.75. The number of hydrogen-bond donors (Lipinski definition) is 1. The lowest BCUT2D eigenvalue weighted by Crippen LogP contribution is -2.15. The van der Waals surface area contributed by atoms with Crippen LogP contribution in [0.1, 0.15) is 23.7 Å². The van der Waals surface area contributed by atoms with E-state index >= 15 is 0 Å². The lowest BCUT2D eigenvalue weighted by atomic mass is 9.96. The first-order chi connectivity index (χ1) is 8.49. The predicted molar refractivity (Wildman–Crippen MR) is 66.7 cm³/mol. The summed E-state index contributed by atoms with van der Waals surface area (Å²) in [5.41, 5.74) is 2.24. The summed E-state index contributed by atoms with van der Waals surface area (Å²) in [6.07, 6.45) is -0.203. The summed E-state index contributed by atoms with van der Waals surface area (Å²) in [6, 6.07) is 4.71. The van der Waals surface area contributed by atoms with Gasteiger partial charge in [-0.2, -0.15) is 0 Å². The number of Topliss-reactive ketones (excluding diaryl/α,β-unsaturated/α-hetero) is 1. The van der Waals surface area contributed by atoms with E-state index in [1.807, 2.05) is 0 Å². The van der Waals surface area contributed by atoms with Crippen molar-refractivity contribution in [2.24, 2.45) is 10.9 Å². The number of aliphatic carboxylic acids is 1. The van der Waals surface area contributed by atoms with Gasteiger partial charge in [0.05, 0.1) is 33.3 Å². The summed E-state index contributed by atoms with van der Waals surface area (Å²) in [4.78, 5) is 27.1. The van der Waals surface area contributed by atoms with Crippen LogP contribution in [0.15, 0.2) is 28.1 Å². The third kappa shape index (κ3) is 2.38. The van der Waals surface area contributed by atoms with Crippen molar-refractivity contribution in [1.82, 2.24) is 0 Å². The normalized spacial score (nSPS) is 18.4. The van der Waals surface area contributed by atoms with Gasteiger partial charge in [0.15, 0.2) is 5.78 Å². The van der Waals surface area contributed by atoms with Crippen LogP contribution in [-0.4, -0.2) is 26.6 Å². The molecule has 0 bridgehead atoms. The van der Waals surface area contributed by atoms with Crippen LogP contribution in [0.2, 0.25) is 0 Å². The van der Waals surface area contributed by atoms with Crippen LogP contribution < -0.4 is 0 Å². The van der Waals surface area contributed by atoms with Crippen molar-refractivity contribution in [3.63, 3.8) is 0 Å². The van der Waals surface area contributed by atoms with E-state index in [2.05, 4.69) is 4.99 Å². The van der Waals surface area contributed by atoms with Crippen LogP contribution in [0, 0.1) is 5.92 Å². The average molecular weight is 265 g/mol. The molecule has 94 valence electrons. The van der Waals surface area contributed by atoms with E-state index in [0.717, 1.165) is 0 Å². The number of hydrogen-bond acceptors (Lipinski definition) is 4. The molecule has 1 aromatic carbocycles. The number of fused-ring (bicyclic) bond motifs is 1. The standard InChI is InChI=1S/C12H11NO4S/c1-7(4-11(14)15)12(16)8-2-3-10-9(5-8)13-6-18(10)17/h2-3,5-7H,4H2,1H3,(H,14,15). The average Bonchev–Trinajstić information content (AvgIpc) is 2.69. The summed E-state index contributed by atoms with van der Waals surface area (Å²) < 4.78 is 11.4. The van der Waals surface area contributed by atoms with Crippen molar-refractivity contribution in [2.75, 3.05) is 0 Å². The Balaban J connectivity index is 2.25. The van der Waals surface area contributed by atoms with Crippen molar-refractivity contribution in [3.8, 4) is 0 Å². The molecule has 2 unspecified atom stereocenters. The summed E-state index contributed by atoms with van der Waals surface area (Å²) >= 11 is 0. The van der Waals surface area contributed by atoms with Gasteiger partial charge >= 0.3 is 5.97 Å². The number of ketones is 1. The van der Waals surface area contributed by atoms with Crippen LogP contribution in [0.5, 0.6) is 0 Å². The van der Waals surface area contributed by atoms with E-state index in [4.69, 9.17) is 5.11 Å². The van der Waals surface area contributed by atoms with Gasteiger partial charge in [0.25, 0.3) is 0 Å². The van der Waals surface area contributed by atoms with Crippen molar-refractivity contribution in [3.05, 3.63) is 23.8 Å². The van der Waals surface area contributed by atoms with Crippen LogP contribution in [0.4, 0.5) is 5.69 Å². The smallest absolute Gasteiger partial charge is 0.304 e. The molecule has 0 spiro atoms. The molecule has 0 fully saturated rings. The van der Waals surface area contributed by atoms with Crippen molar-refractivity contribution in [2.45, 2.75) is 18.2 Å². The fourth-order valence-electron chi connectivity index (χ4n) is 1.74. The van der Waals surface area contributed by atoms with Gasteiger partial charge in [-0.05, 0) is 12.1 Å². The molecule has 2 rings (SSSR count). The lowest BCUT2D eigenvalue weighted by Gasteiger charge is -2.08. The van der Waals surface area contributed by atoms with Gasteiger partial charge in [-0.15, -0.1) is 0 Å². The first-order valence-corrected chi connectivity index (χ1v) is 6.55. The highest BCUT2D eigenvalue weighted by molar-refractivity contribution is 7.99. The first kappa shape index (κ1) is 12.6. The molecule has 0 aliphatic carbocycles. The lowest BCUT2D eigenvalue weighted by molar-refractivity contribution is -0.137. The fourth-order valence-corrected chi connectivity index (χ4v) is 2.59. The second-order valence-electron chi connectivity index (χ2n) is 4.08. The minimum Gasteiger partial charge on any atom is -0.481 e. The third-order valence-electron chi connectivity index (χ3n) is 2.68. The number of carboxylic acid groups (broad SMARTS) is 1. The zero-order valence-corrected chi connectivity index (χ0v) is 10.4. The topological polar surface area (TPSA) is 83.8 Å². The number of benzene rings is 1. The molecule has 0 radical (unpaired) electrons. The zero-order valence-electron chi connectivity index (χ0n) is 9.62. The van der Waals surface area contributed by atoms with Gasteiger partial charge in [0.1, 0.15) is 0 Å². The zero-order chi connectivity index (χ0) is 13.3. The number of rotatable bonds is 4. The Morgan fingerprint density at radius 1 is 1.44 bits per heavy atom. The maximum absolute atomic E-state index is 12.0.